The summed E-state index contributed by atoms with van der Waals surface area (Å²) in [6.07, 6.45) is 3.62. The molecule has 0 aromatic carbocycles. The molecular formula is C7H12B2N2. The van der Waals surface area contributed by atoms with E-state index in [2.05, 4.69) is 23.8 Å². The van der Waals surface area contributed by atoms with Crippen LogP contribution in [0, 0.1) is 0 Å². The summed E-state index contributed by atoms with van der Waals surface area (Å²) in [7, 11) is 2.99. The Morgan fingerprint density at radius 1 is 1.45 bits per heavy atom. The van der Waals surface area contributed by atoms with Gasteiger partial charge in [0.1, 0.15) is 0 Å². The lowest BCUT2D eigenvalue weighted by Gasteiger charge is -2.01. The molecule has 0 aliphatic carbocycles. The van der Waals surface area contributed by atoms with Gasteiger partial charge in [-0.25, -0.2) is 0 Å². The first-order chi connectivity index (χ1) is 5.18. The zero-order valence-corrected chi connectivity index (χ0v) is 7.33. The maximum absolute atomic E-state index is 4.35. The lowest BCUT2D eigenvalue weighted by atomic mass is 9.63. The molecule has 1 aromatic heterocycles. The van der Waals surface area contributed by atoms with Crippen LogP contribution in [0.4, 0.5) is 0 Å². The van der Waals surface area contributed by atoms with Crippen molar-refractivity contribution < 1.29 is 0 Å². The van der Waals surface area contributed by atoms with Crippen LogP contribution in [0.1, 0.15) is 13.8 Å². The Balaban J connectivity index is 2.71. The van der Waals surface area contributed by atoms with Crippen LogP contribution in [0.3, 0.4) is 0 Å². The summed E-state index contributed by atoms with van der Waals surface area (Å²) in [4.78, 5) is 8.43. The van der Waals surface area contributed by atoms with Crippen molar-refractivity contribution in [2.75, 3.05) is 0 Å². The van der Waals surface area contributed by atoms with E-state index in [1.165, 1.54) is 0 Å². The molecule has 0 radical (unpaired) electrons. The Labute approximate surface area is 69.1 Å². The molecule has 1 heterocycles. The first-order valence-corrected chi connectivity index (χ1v) is 3.96. The first kappa shape index (κ1) is 8.31. The molecule has 1 aromatic rings. The lowest BCUT2D eigenvalue weighted by Crippen LogP contribution is -2.28. The van der Waals surface area contributed by atoms with Gasteiger partial charge in [-0.1, -0.05) is 19.7 Å². The van der Waals surface area contributed by atoms with Crippen LogP contribution in [0.15, 0.2) is 12.4 Å². The topological polar surface area (TPSA) is 25.8 Å². The minimum atomic E-state index is 0.658. The van der Waals surface area contributed by atoms with Gasteiger partial charge in [0.25, 0.3) is 0 Å². The normalized spacial score (nSPS) is 10.1. The van der Waals surface area contributed by atoms with E-state index >= 15 is 0 Å². The van der Waals surface area contributed by atoms with Gasteiger partial charge in [0, 0.05) is 23.6 Å². The highest BCUT2D eigenvalue weighted by Gasteiger charge is 2.01. The highest BCUT2D eigenvalue weighted by atomic mass is 14.8. The summed E-state index contributed by atoms with van der Waals surface area (Å²) in [6.45, 7) is 4.37. The molecule has 0 amide bonds. The number of aromatic nitrogens is 2. The third-order valence-corrected chi connectivity index (χ3v) is 1.42. The highest BCUT2D eigenvalue weighted by molar-refractivity contribution is 6.53. The molecule has 0 N–H and O–H groups in total. The minimum absolute atomic E-state index is 0.658. The lowest BCUT2D eigenvalue weighted by molar-refractivity contribution is 1.06. The fourth-order valence-corrected chi connectivity index (χ4v) is 1.03. The molecule has 56 valence electrons. The van der Waals surface area contributed by atoms with Gasteiger partial charge in [-0.05, 0) is 0 Å². The van der Waals surface area contributed by atoms with E-state index in [0.29, 0.717) is 5.82 Å². The van der Waals surface area contributed by atoms with Gasteiger partial charge in [-0.2, -0.15) is 0 Å². The molecule has 0 aliphatic rings. The van der Waals surface area contributed by atoms with E-state index < -0.39 is 0 Å². The molecule has 0 bridgehead atoms. The van der Waals surface area contributed by atoms with Crippen molar-refractivity contribution in [1.29, 1.82) is 0 Å². The summed E-state index contributed by atoms with van der Waals surface area (Å²) >= 11 is 0. The standard InChI is InChI=1S/C7H12B2N2/c1-5(2)9-7-4-10-3-6(8)11-7/h3-5,9H,8H2,1-2H3. The fourth-order valence-electron chi connectivity index (χ4n) is 1.03. The SMILES string of the molecule is Bc1cncc(BC(C)C)n1. The average Bonchev–Trinajstić information content (AvgIpc) is 1.85. The Morgan fingerprint density at radius 2 is 2.18 bits per heavy atom. The van der Waals surface area contributed by atoms with E-state index in [4.69, 9.17) is 0 Å². The summed E-state index contributed by atoms with van der Waals surface area (Å²) in [5.41, 5.74) is 2.10. The van der Waals surface area contributed by atoms with Crippen molar-refractivity contribution in [1.82, 2.24) is 9.97 Å². The highest BCUT2D eigenvalue weighted by Crippen LogP contribution is 1.93. The van der Waals surface area contributed by atoms with Crippen LogP contribution < -0.4 is 11.2 Å². The van der Waals surface area contributed by atoms with Gasteiger partial charge in [0.15, 0.2) is 15.1 Å². The first-order valence-electron chi connectivity index (χ1n) is 3.96. The van der Waals surface area contributed by atoms with Crippen molar-refractivity contribution >= 4 is 26.3 Å². The van der Waals surface area contributed by atoms with E-state index in [-0.39, 0.29) is 0 Å². The van der Waals surface area contributed by atoms with E-state index in [1.807, 2.05) is 14.0 Å². The molecule has 0 aliphatic heterocycles. The molecule has 11 heavy (non-hydrogen) atoms. The molecule has 0 fully saturated rings. The van der Waals surface area contributed by atoms with Crippen molar-refractivity contribution in [3.63, 3.8) is 0 Å². The predicted molar refractivity (Wildman–Crippen MR) is 52.1 cm³/mol. The smallest absolute Gasteiger partial charge is 0.186 e. The molecule has 0 atom stereocenters. The van der Waals surface area contributed by atoms with Gasteiger partial charge < -0.3 is 0 Å². The second kappa shape index (κ2) is 3.56. The fraction of sp³-hybridized carbons (Fsp3) is 0.429. The second-order valence-electron chi connectivity index (χ2n) is 3.25. The molecule has 4 heteroatoms. The Kier molecular flexibility index (Phi) is 2.69. The van der Waals surface area contributed by atoms with Crippen LogP contribution in [0.25, 0.3) is 0 Å². The van der Waals surface area contributed by atoms with Gasteiger partial charge in [0.2, 0.25) is 0 Å². The summed E-state index contributed by atoms with van der Waals surface area (Å²) in [5.74, 6) is 0.658. The van der Waals surface area contributed by atoms with Crippen molar-refractivity contribution in [2.24, 2.45) is 0 Å². The van der Waals surface area contributed by atoms with Gasteiger partial charge >= 0.3 is 0 Å². The Bertz CT molecular complexity index is 238. The van der Waals surface area contributed by atoms with E-state index in [0.717, 1.165) is 18.5 Å². The number of hydrogen-bond donors (Lipinski definition) is 0. The molecule has 0 saturated carbocycles. The molecule has 2 nitrogen and oxygen atoms in total. The summed E-state index contributed by atoms with van der Waals surface area (Å²) < 4.78 is 0. The van der Waals surface area contributed by atoms with Crippen molar-refractivity contribution in [3.05, 3.63) is 12.4 Å². The van der Waals surface area contributed by atoms with Crippen LogP contribution in [0.5, 0.6) is 0 Å². The largest absolute Gasteiger partial charge is 0.276 e. The third kappa shape index (κ3) is 2.74. The van der Waals surface area contributed by atoms with Gasteiger partial charge in [0.05, 0.1) is 0 Å². The molecular weight excluding hydrogens is 134 g/mol. The van der Waals surface area contributed by atoms with Crippen LogP contribution in [0.2, 0.25) is 5.82 Å². The molecule has 0 saturated heterocycles. The zero-order chi connectivity index (χ0) is 8.27. The number of hydrogen-bond acceptors (Lipinski definition) is 2. The Hall–Kier alpha value is -0.790. The van der Waals surface area contributed by atoms with E-state index in [9.17, 15) is 0 Å². The minimum Gasteiger partial charge on any atom is -0.276 e. The van der Waals surface area contributed by atoms with Crippen LogP contribution in [-0.4, -0.2) is 25.1 Å². The molecule has 1 rings (SSSR count). The third-order valence-electron chi connectivity index (χ3n) is 1.42. The molecule has 0 unspecified atom stereocenters. The quantitative estimate of drug-likeness (QED) is 0.480. The second-order valence-corrected chi connectivity index (χ2v) is 3.25. The molecule has 0 spiro atoms. The Morgan fingerprint density at radius 3 is 2.73 bits per heavy atom. The van der Waals surface area contributed by atoms with Gasteiger partial charge in [-0.3, -0.25) is 9.97 Å². The monoisotopic (exact) mass is 146 g/mol. The average molecular weight is 146 g/mol. The predicted octanol–water partition coefficient (Wildman–Crippen LogP) is -1.37. The van der Waals surface area contributed by atoms with Crippen molar-refractivity contribution in [3.8, 4) is 0 Å². The van der Waals surface area contributed by atoms with Gasteiger partial charge in [-0.15, -0.1) is 0 Å². The summed E-state index contributed by atoms with van der Waals surface area (Å²) in [5, 5.41) is 0. The van der Waals surface area contributed by atoms with Crippen molar-refractivity contribution in [2.45, 2.75) is 19.7 Å². The van der Waals surface area contributed by atoms with E-state index in [1.54, 1.807) is 6.20 Å². The van der Waals surface area contributed by atoms with Crippen LogP contribution in [-0.2, 0) is 0 Å². The maximum atomic E-state index is 4.35. The summed E-state index contributed by atoms with van der Waals surface area (Å²) in [6, 6.07) is 0. The number of nitrogens with zero attached hydrogens (tertiary/aromatic N) is 2. The zero-order valence-electron chi connectivity index (χ0n) is 7.33. The van der Waals surface area contributed by atoms with Crippen LogP contribution >= 0.6 is 0 Å². The maximum Gasteiger partial charge on any atom is 0.186 e. The number of rotatable bonds is 2.